The second kappa shape index (κ2) is 11.2. The number of hydrogen-bond acceptors (Lipinski definition) is 5. The fraction of sp³-hybridized carbons (Fsp3) is 0.615. The predicted molar refractivity (Wildman–Crippen MR) is 132 cm³/mol. The molecule has 0 radical (unpaired) electrons. The van der Waals surface area contributed by atoms with Gasteiger partial charge in [-0.15, -0.1) is 5.10 Å². The lowest BCUT2D eigenvalue weighted by atomic mass is 9.77. The van der Waals surface area contributed by atoms with Crippen LogP contribution in [0.1, 0.15) is 43.4 Å². The second-order valence-electron chi connectivity index (χ2n) is 10.3. The Morgan fingerprint density at radius 1 is 0.971 bits per heavy atom. The first-order valence-electron chi connectivity index (χ1n) is 13.1. The molecule has 1 aromatic heterocycles. The number of aryl methyl sites for hydroxylation is 1. The molecule has 3 amide bonds. The Kier molecular flexibility index (Phi) is 7.61. The van der Waals surface area contributed by atoms with E-state index in [0.717, 1.165) is 51.1 Å². The van der Waals surface area contributed by atoms with Gasteiger partial charge in [0.15, 0.2) is 0 Å². The van der Waals surface area contributed by atoms with Crippen LogP contribution in [0.3, 0.4) is 0 Å². The first-order valence-corrected chi connectivity index (χ1v) is 13.1. The number of likely N-dealkylation sites (tertiary alicyclic amines) is 1. The summed E-state index contributed by atoms with van der Waals surface area (Å²) < 4.78 is 1.86. The molecule has 3 aliphatic heterocycles. The SMILES string of the molecule is O=C1NCCCC2[C@H]3CC(CN(Cc4ccccc4)C3)CN2C(=O)CCCn2nncc2CCN1. The Labute approximate surface area is 207 Å². The minimum absolute atomic E-state index is 0.139. The van der Waals surface area contributed by atoms with Crippen molar-refractivity contribution in [3.63, 3.8) is 0 Å². The van der Waals surface area contributed by atoms with Gasteiger partial charge in [-0.2, -0.15) is 0 Å². The Bertz CT molecular complexity index is 995. The number of carbonyl (C=O) groups is 2. The number of fused-ring (bicyclic) bond motifs is 5. The van der Waals surface area contributed by atoms with Gasteiger partial charge >= 0.3 is 6.03 Å². The number of rotatable bonds is 2. The number of nitrogens with one attached hydrogen (secondary N) is 2. The van der Waals surface area contributed by atoms with Gasteiger partial charge in [0.1, 0.15) is 0 Å². The fourth-order valence-corrected chi connectivity index (χ4v) is 6.14. The molecule has 2 aromatic rings. The van der Waals surface area contributed by atoms with Gasteiger partial charge in [-0.25, -0.2) is 9.48 Å². The number of nitrogens with zero attached hydrogens (tertiary/aromatic N) is 5. The highest BCUT2D eigenvalue weighted by Gasteiger charge is 2.42. The Hall–Kier alpha value is -2.94. The van der Waals surface area contributed by atoms with Crippen molar-refractivity contribution in [2.24, 2.45) is 11.8 Å². The molecular formula is C26H37N7O2. The third-order valence-corrected chi connectivity index (χ3v) is 7.70. The van der Waals surface area contributed by atoms with Crippen molar-refractivity contribution in [3.05, 3.63) is 47.8 Å². The smallest absolute Gasteiger partial charge is 0.314 e. The van der Waals surface area contributed by atoms with Crippen molar-refractivity contribution in [3.8, 4) is 0 Å². The Balaban J connectivity index is 1.28. The molecule has 1 aromatic carbocycles. The summed E-state index contributed by atoms with van der Waals surface area (Å²) >= 11 is 0. The quantitative estimate of drug-likeness (QED) is 0.687. The largest absolute Gasteiger partial charge is 0.339 e. The van der Waals surface area contributed by atoms with E-state index in [1.165, 1.54) is 12.0 Å². The molecule has 9 nitrogen and oxygen atoms in total. The van der Waals surface area contributed by atoms with Crippen LogP contribution < -0.4 is 10.6 Å². The Morgan fingerprint density at radius 2 is 1.83 bits per heavy atom. The topological polar surface area (TPSA) is 95.4 Å². The summed E-state index contributed by atoms with van der Waals surface area (Å²) in [6, 6.07) is 10.8. The third kappa shape index (κ3) is 6.01. The normalized spacial score (nSPS) is 26.9. The molecule has 2 fully saturated rings. The van der Waals surface area contributed by atoms with Gasteiger partial charge in [0.05, 0.1) is 11.9 Å². The summed E-state index contributed by atoms with van der Waals surface area (Å²) in [4.78, 5) is 30.4. The molecule has 5 rings (SSSR count). The Morgan fingerprint density at radius 3 is 2.71 bits per heavy atom. The summed E-state index contributed by atoms with van der Waals surface area (Å²) in [5, 5.41) is 14.1. The van der Waals surface area contributed by atoms with Crippen LogP contribution in [0.2, 0.25) is 0 Å². The molecule has 3 aliphatic rings. The summed E-state index contributed by atoms with van der Waals surface area (Å²) in [7, 11) is 0. The molecule has 0 saturated carbocycles. The first kappa shape index (κ1) is 23.8. The van der Waals surface area contributed by atoms with E-state index in [4.69, 9.17) is 0 Å². The van der Waals surface area contributed by atoms with Crippen molar-refractivity contribution >= 4 is 11.9 Å². The maximum Gasteiger partial charge on any atom is 0.314 e. The van der Waals surface area contributed by atoms with Gasteiger partial charge in [-0.1, -0.05) is 35.5 Å². The van der Waals surface area contributed by atoms with Gasteiger partial charge in [0, 0.05) is 64.7 Å². The average Bonchev–Trinajstić information content (AvgIpc) is 3.29. The lowest BCUT2D eigenvalue weighted by molar-refractivity contribution is -0.141. The molecule has 4 heterocycles. The summed E-state index contributed by atoms with van der Waals surface area (Å²) in [5.41, 5.74) is 2.33. The first-order chi connectivity index (χ1) is 17.2. The zero-order valence-electron chi connectivity index (χ0n) is 20.4. The number of benzene rings is 1. The van der Waals surface area contributed by atoms with Crippen LogP contribution in [0.4, 0.5) is 4.79 Å². The van der Waals surface area contributed by atoms with Crippen molar-refractivity contribution in [2.45, 2.75) is 57.7 Å². The molecule has 0 spiro atoms. The maximum absolute atomic E-state index is 13.4. The highest BCUT2D eigenvalue weighted by atomic mass is 16.2. The lowest BCUT2D eigenvalue weighted by Gasteiger charge is -2.51. The number of amides is 3. The number of hydrogen-bond donors (Lipinski definition) is 2. The van der Waals surface area contributed by atoms with Crippen LogP contribution in [0, 0.1) is 11.8 Å². The highest BCUT2D eigenvalue weighted by Crippen LogP contribution is 2.36. The lowest BCUT2D eigenvalue weighted by Crippen LogP contribution is -2.59. The zero-order chi connectivity index (χ0) is 24.0. The van der Waals surface area contributed by atoms with Crippen LogP contribution in [0.15, 0.2) is 36.5 Å². The van der Waals surface area contributed by atoms with E-state index in [9.17, 15) is 9.59 Å². The third-order valence-electron chi connectivity index (χ3n) is 7.70. The molecule has 188 valence electrons. The average molecular weight is 480 g/mol. The summed E-state index contributed by atoms with van der Waals surface area (Å²) in [5.74, 6) is 1.26. The van der Waals surface area contributed by atoms with Crippen molar-refractivity contribution in [1.29, 1.82) is 0 Å². The molecule has 2 unspecified atom stereocenters. The van der Waals surface area contributed by atoms with Gasteiger partial charge in [0.25, 0.3) is 0 Å². The van der Waals surface area contributed by atoms with Gasteiger partial charge in [-0.05, 0) is 43.1 Å². The van der Waals surface area contributed by atoms with Crippen molar-refractivity contribution in [1.82, 2.24) is 35.4 Å². The van der Waals surface area contributed by atoms with E-state index in [-0.39, 0.29) is 18.0 Å². The second-order valence-corrected chi connectivity index (χ2v) is 10.3. The minimum atomic E-state index is -0.139. The molecule has 2 bridgehead atoms. The highest BCUT2D eigenvalue weighted by molar-refractivity contribution is 5.76. The van der Waals surface area contributed by atoms with Crippen molar-refractivity contribution < 1.29 is 9.59 Å². The van der Waals surface area contributed by atoms with Crippen LogP contribution in [-0.2, 0) is 24.3 Å². The zero-order valence-corrected chi connectivity index (χ0v) is 20.4. The van der Waals surface area contributed by atoms with Crippen LogP contribution in [0.25, 0.3) is 0 Å². The molecule has 9 heteroatoms. The number of aromatic nitrogens is 3. The van der Waals surface area contributed by atoms with E-state index in [0.29, 0.717) is 44.3 Å². The van der Waals surface area contributed by atoms with Gasteiger partial charge in [0.2, 0.25) is 5.91 Å². The standard InChI is InChI=1S/C26H37N7O2/c34-25-9-5-13-33-23(15-29-30-33)10-12-28-26(35)27-11-4-8-24-22-14-21(18-32(24)25)17-31(19-22)16-20-6-2-1-3-7-20/h1-3,6-7,15,21-22,24H,4-5,8-14,16-19H2,(H2,27,28,35)/t21?,22-,24?/m0/s1. The number of carbonyl (C=O) groups excluding carboxylic acids is 2. The van der Waals surface area contributed by atoms with E-state index < -0.39 is 0 Å². The molecule has 35 heavy (non-hydrogen) atoms. The summed E-state index contributed by atoms with van der Waals surface area (Å²) in [6.07, 6.45) is 6.70. The minimum Gasteiger partial charge on any atom is -0.339 e. The number of piperidine rings is 2. The van der Waals surface area contributed by atoms with Crippen molar-refractivity contribution in [2.75, 3.05) is 32.7 Å². The van der Waals surface area contributed by atoms with Crippen LogP contribution >= 0.6 is 0 Å². The monoisotopic (exact) mass is 479 g/mol. The molecule has 3 atom stereocenters. The fourth-order valence-electron chi connectivity index (χ4n) is 6.14. The van der Waals surface area contributed by atoms with E-state index in [1.54, 1.807) is 6.20 Å². The van der Waals surface area contributed by atoms with Crippen LogP contribution in [-0.4, -0.2) is 75.5 Å². The van der Waals surface area contributed by atoms with Gasteiger partial charge < -0.3 is 15.5 Å². The molecule has 2 saturated heterocycles. The molecule has 0 aliphatic carbocycles. The molecular weight excluding hydrogens is 442 g/mol. The maximum atomic E-state index is 13.4. The van der Waals surface area contributed by atoms with E-state index in [1.807, 2.05) is 4.68 Å². The van der Waals surface area contributed by atoms with Crippen LogP contribution in [0.5, 0.6) is 0 Å². The van der Waals surface area contributed by atoms with E-state index in [2.05, 4.69) is 61.1 Å². The predicted octanol–water partition coefficient (Wildman–Crippen LogP) is 2.04. The summed E-state index contributed by atoms with van der Waals surface area (Å²) in [6.45, 7) is 5.71. The number of urea groups is 1. The van der Waals surface area contributed by atoms with E-state index >= 15 is 0 Å². The van der Waals surface area contributed by atoms with Gasteiger partial charge in [-0.3, -0.25) is 9.69 Å². The molecule has 2 N–H and O–H groups in total.